The molecule has 1 heterocycles. The predicted octanol–water partition coefficient (Wildman–Crippen LogP) is 0.681. The van der Waals surface area contributed by atoms with E-state index in [1.165, 1.54) is 0 Å². The number of rotatable bonds is 6. The Kier molecular flexibility index (Phi) is 4.89. The topological polar surface area (TPSA) is 92.0 Å². The molecule has 0 saturated heterocycles. The second kappa shape index (κ2) is 6.19. The monoisotopic (exact) mass is 239 g/mol. The van der Waals surface area contributed by atoms with Crippen LogP contribution < -0.4 is 21.5 Å². The van der Waals surface area contributed by atoms with Gasteiger partial charge in [-0.1, -0.05) is 13.8 Å². The Hall–Kier alpha value is -1.63. The van der Waals surface area contributed by atoms with E-state index >= 15 is 0 Å². The Labute approximate surface area is 102 Å². The molecule has 96 valence electrons. The highest BCUT2D eigenvalue weighted by atomic mass is 15.4. The smallest absolute Gasteiger partial charge is 0.243 e. The summed E-state index contributed by atoms with van der Waals surface area (Å²) in [5.74, 6) is 7.42. The maximum Gasteiger partial charge on any atom is 0.243 e. The molecule has 1 aromatic rings. The van der Waals surface area contributed by atoms with Crippen molar-refractivity contribution in [3.63, 3.8) is 0 Å². The van der Waals surface area contributed by atoms with Crippen LogP contribution >= 0.6 is 0 Å². The summed E-state index contributed by atoms with van der Waals surface area (Å²) in [6.07, 6.45) is 1.06. The Morgan fingerprint density at radius 3 is 2.35 bits per heavy atom. The molecule has 0 unspecified atom stereocenters. The van der Waals surface area contributed by atoms with E-state index in [-0.39, 0.29) is 0 Å². The van der Waals surface area contributed by atoms with Gasteiger partial charge in [-0.05, 0) is 12.3 Å². The molecule has 0 spiro atoms. The highest BCUT2D eigenvalue weighted by Crippen LogP contribution is 2.10. The van der Waals surface area contributed by atoms with Crippen LogP contribution in [0.2, 0.25) is 0 Å². The van der Waals surface area contributed by atoms with Crippen molar-refractivity contribution in [1.29, 1.82) is 0 Å². The lowest BCUT2D eigenvalue weighted by Gasteiger charge is -2.13. The van der Waals surface area contributed by atoms with E-state index in [1.807, 2.05) is 14.1 Å². The minimum atomic E-state index is 0.357. The molecule has 0 radical (unpaired) electrons. The Balaban J connectivity index is 2.73. The number of hydrogen-bond donors (Lipinski definition) is 3. The summed E-state index contributed by atoms with van der Waals surface area (Å²) in [6, 6.07) is 0. The van der Waals surface area contributed by atoms with Crippen molar-refractivity contribution in [2.75, 3.05) is 36.3 Å². The first-order valence-corrected chi connectivity index (χ1v) is 5.66. The number of aromatic nitrogens is 3. The second-order valence-electron chi connectivity index (χ2n) is 4.43. The van der Waals surface area contributed by atoms with Crippen molar-refractivity contribution in [2.24, 2.45) is 11.8 Å². The van der Waals surface area contributed by atoms with Gasteiger partial charge in [-0.3, -0.25) is 5.43 Å². The summed E-state index contributed by atoms with van der Waals surface area (Å²) in [5.41, 5.74) is 2.43. The van der Waals surface area contributed by atoms with E-state index in [9.17, 15) is 0 Å². The molecule has 0 aliphatic heterocycles. The first-order valence-electron chi connectivity index (χ1n) is 5.66. The highest BCUT2D eigenvalue weighted by Gasteiger charge is 2.06. The molecule has 0 atom stereocenters. The van der Waals surface area contributed by atoms with E-state index in [1.54, 1.807) is 4.90 Å². The molecule has 1 rings (SSSR count). The van der Waals surface area contributed by atoms with Crippen molar-refractivity contribution < 1.29 is 0 Å². The first kappa shape index (κ1) is 13.4. The third-order valence-corrected chi connectivity index (χ3v) is 2.16. The molecule has 0 amide bonds. The second-order valence-corrected chi connectivity index (χ2v) is 4.43. The average molecular weight is 239 g/mol. The quantitative estimate of drug-likeness (QED) is 0.496. The number of hydrazine groups is 1. The summed E-state index contributed by atoms with van der Waals surface area (Å²) in [6.45, 7) is 5.18. The van der Waals surface area contributed by atoms with E-state index in [0.29, 0.717) is 23.8 Å². The molecule has 0 saturated carbocycles. The number of nitrogens with two attached hydrogens (primary N) is 1. The Morgan fingerprint density at radius 2 is 1.82 bits per heavy atom. The largest absolute Gasteiger partial charge is 0.354 e. The van der Waals surface area contributed by atoms with Gasteiger partial charge in [-0.25, -0.2) is 5.84 Å². The number of nitrogens with one attached hydrogen (secondary N) is 2. The van der Waals surface area contributed by atoms with Gasteiger partial charge in [0.05, 0.1) is 0 Å². The fourth-order valence-corrected chi connectivity index (χ4v) is 1.18. The molecule has 7 heteroatoms. The Morgan fingerprint density at radius 1 is 1.18 bits per heavy atom. The maximum atomic E-state index is 5.32. The molecule has 17 heavy (non-hydrogen) atoms. The molecule has 0 bridgehead atoms. The number of nitrogens with zero attached hydrogens (tertiary/aromatic N) is 4. The third kappa shape index (κ3) is 4.39. The van der Waals surface area contributed by atoms with E-state index in [2.05, 4.69) is 39.5 Å². The number of nitrogen functional groups attached to an aromatic ring is 1. The van der Waals surface area contributed by atoms with Gasteiger partial charge < -0.3 is 10.2 Å². The fraction of sp³-hybridized carbons (Fsp3) is 0.700. The lowest BCUT2D eigenvalue weighted by molar-refractivity contribution is 0.605. The van der Waals surface area contributed by atoms with Crippen LogP contribution in [0.5, 0.6) is 0 Å². The molecule has 1 aromatic heterocycles. The van der Waals surface area contributed by atoms with Crippen molar-refractivity contribution in [3.8, 4) is 0 Å². The molecule has 7 nitrogen and oxygen atoms in total. The lowest BCUT2D eigenvalue weighted by atomic mass is 10.1. The van der Waals surface area contributed by atoms with Crippen LogP contribution in [-0.4, -0.2) is 35.6 Å². The van der Waals surface area contributed by atoms with Crippen LogP contribution in [0.4, 0.5) is 17.8 Å². The van der Waals surface area contributed by atoms with Gasteiger partial charge in [-0.15, -0.1) is 0 Å². The maximum absolute atomic E-state index is 5.32. The van der Waals surface area contributed by atoms with Gasteiger partial charge in [0.2, 0.25) is 17.8 Å². The van der Waals surface area contributed by atoms with Crippen LogP contribution in [0, 0.1) is 5.92 Å². The summed E-state index contributed by atoms with van der Waals surface area (Å²) < 4.78 is 0. The van der Waals surface area contributed by atoms with Crippen molar-refractivity contribution in [1.82, 2.24) is 15.0 Å². The average Bonchev–Trinajstić information content (AvgIpc) is 2.28. The van der Waals surface area contributed by atoms with E-state index in [4.69, 9.17) is 5.84 Å². The van der Waals surface area contributed by atoms with E-state index < -0.39 is 0 Å². The van der Waals surface area contributed by atoms with Gasteiger partial charge in [0.25, 0.3) is 0 Å². The number of anilines is 3. The fourth-order valence-electron chi connectivity index (χ4n) is 1.18. The highest BCUT2D eigenvalue weighted by molar-refractivity contribution is 5.42. The minimum Gasteiger partial charge on any atom is -0.354 e. The standard InChI is InChI=1S/C10H21N7/c1-7(2)5-6-12-8-13-9(16-11)15-10(14-8)17(3)4/h7H,5-6,11H2,1-4H3,(H2,12,13,14,15,16). The molecule has 0 fully saturated rings. The molecular weight excluding hydrogens is 218 g/mol. The molecule has 0 aliphatic carbocycles. The molecule has 0 aliphatic rings. The van der Waals surface area contributed by atoms with E-state index in [0.717, 1.165) is 13.0 Å². The number of hydrogen-bond acceptors (Lipinski definition) is 7. The van der Waals surface area contributed by atoms with Gasteiger partial charge in [0.1, 0.15) is 0 Å². The first-order chi connectivity index (χ1) is 8.02. The van der Waals surface area contributed by atoms with Gasteiger partial charge >= 0.3 is 0 Å². The molecule has 4 N–H and O–H groups in total. The van der Waals surface area contributed by atoms with Crippen molar-refractivity contribution >= 4 is 17.8 Å². The summed E-state index contributed by atoms with van der Waals surface area (Å²) in [4.78, 5) is 14.3. The van der Waals surface area contributed by atoms with Crippen LogP contribution in [0.25, 0.3) is 0 Å². The van der Waals surface area contributed by atoms with Gasteiger partial charge in [0.15, 0.2) is 0 Å². The lowest BCUT2D eigenvalue weighted by Crippen LogP contribution is -2.19. The molecule has 0 aromatic carbocycles. The van der Waals surface area contributed by atoms with Crippen LogP contribution in [0.15, 0.2) is 0 Å². The van der Waals surface area contributed by atoms with Gasteiger partial charge in [0, 0.05) is 20.6 Å². The Bertz CT molecular complexity index is 351. The summed E-state index contributed by atoms with van der Waals surface area (Å²) in [7, 11) is 3.74. The van der Waals surface area contributed by atoms with Crippen LogP contribution in [-0.2, 0) is 0 Å². The zero-order valence-corrected chi connectivity index (χ0v) is 10.9. The SMILES string of the molecule is CC(C)CCNc1nc(NN)nc(N(C)C)n1. The predicted molar refractivity (Wildman–Crippen MR) is 69.9 cm³/mol. The van der Waals surface area contributed by atoms with Crippen LogP contribution in [0.1, 0.15) is 20.3 Å². The van der Waals surface area contributed by atoms with Gasteiger partial charge in [-0.2, -0.15) is 15.0 Å². The zero-order valence-electron chi connectivity index (χ0n) is 10.9. The zero-order chi connectivity index (χ0) is 12.8. The van der Waals surface area contributed by atoms with Crippen LogP contribution in [0.3, 0.4) is 0 Å². The molecular formula is C10H21N7. The minimum absolute atomic E-state index is 0.357. The van der Waals surface area contributed by atoms with Crippen molar-refractivity contribution in [2.45, 2.75) is 20.3 Å². The third-order valence-electron chi connectivity index (χ3n) is 2.16. The summed E-state index contributed by atoms with van der Waals surface area (Å²) >= 11 is 0. The summed E-state index contributed by atoms with van der Waals surface area (Å²) in [5, 5.41) is 3.16. The normalized spacial score (nSPS) is 10.5. The van der Waals surface area contributed by atoms with Crippen molar-refractivity contribution in [3.05, 3.63) is 0 Å².